The van der Waals surface area contributed by atoms with E-state index in [0.717, 1.165) is 18.4 Å². The molecule has 1 amide bonds. The Kier molecular flexibility index (Phi) is 3.41. The molecule has 1 aromatic carbocycles. The zero-order valence-corrected chi connectivity index (χ0v) is 9.11. The second-order valence-electron chi connectivity index (χ2n) is 3.98. The fourth-order valence-corrected chi connectivity index (χ4v) is 1.37. The van der Waals surface area contributed by atoms with E-state index in [1.54, 1.807) is 0 Å². The molecule has 3 N–H and O–H groups in total. The van der Waals surface area contributed by atoms with Crippen molar-refractivity contribution in [1.82, 2.24) is 5.32 Å². The fraction of sp³-hybridized carbons (Fsp3) is 0.417. The van der Waals surface area contributed by atoms with Crippen molar-refractivity contribution >= 4 is 5.91 Å². The van der Waals surface area contributed by atoms with Crippen LogP contribution in [0, 0.1) is 0 Å². The smallest absolute Gasteiger partial charge is 0.258 e. The molecule has 16 heavy (non-hydrogen) atoms. The SMILES string of the molecule is NCc1ccc(OCC(=O)NC2CC2)cc1. The molecule has 2 rings (SSSR count). The minimum Gasteiger partial charge on any atom is -0.484 e. The first kappa shape index (κ1) is 11.0. The second-order valence-corrected chi connectivity index (χ2v) is 3.98. The van der Waals surface area contributed by atoms with Gasteiger partial charge in [-0.25, -0.2) is 0 Å². The number of hydrogen-bond donors (Lipinski definition) is 2. The Morgan fingerprint density at radius 1 is 1.38 bits per heavy atom. The molecular formula is C12H16N2O2. The van der Waals surface area contributed by atoms with Gasteiger partial charge < -0.3 is 15.8 Å². The minimum atomic E-state index is -0.0506. The Hall–Kier alpha value is -1.55. The quantitative estimate of drug-likeness (QED) is 0.771. The van der Waals surface area contributed by atoms with Gasteiger partial charge in [-0.1, -0.05) is 12.1 Å². The van der Waals surface area contributed by atoms with Gasteiger partial charge in [0, 0.05) is 12.6 Å². The number of carbonyl (C=O) groups excluding carboxylic acids is 1. The van der Waals surface area contributed by atoms with E-state index >= 15 is 0 Å². The van der Waals surface area contributed by atoms with Crippen molar-refractivity contribution in [2.45, 2.75) is 25.4 Å². The van der Waals surface area contributed by atoms with Crippen molar-refractivity contribution in [3.05, 3.63) is 29.8 Å². The fourth-order valence-electron chi connectivity index (χ4n) is 1.37. The predicted octanol–water partition coefficient (Wildman–Crippen LogP) is 0.803. The molecule has 0 saturated heterocycles. The van der Waals surface area contributed by atoms with Crippen LogP contribution in [0.3, 0.4) is 0 Å². The summed E-state index contributed by atoms with van der Waals surface area (Å²) in [6.07, 6.45) is 2.19. The molecule has 86 valence electrons. The Morgan fingerprint density at radius 3 is 2.62 bits per heavy atom. The van der Waals surface area contributed by atoms with Gasteiger partial charge in [0.15, 0.2) is 6.61 Å². The van der Waals surface area contributed by atoms with Gasteiger partial charge in [0.25, 0.3) is 5.91 Å². The normalized spacial score (nSPS) is 14.6. The van der Waals surface area contributed by atoms with E-state index in [1.807, 2.05) is 24.3 Å². The average molecular weight is 220 g/mol. The lowest BCUT2D eigenvalue weighted by Crippen LogP contribution is -2.30. The minimum absolute atomic E-state index is 0.0506. The van der Waals surface area contributed by atoms with Crippen molar-refractivity contribution in [1.29, 1.82) is 0 Å². The number of hydrogen-bond acceptors (Lipinski definition) is 3. The maximum Gasteiger partial charge on any atom is 0.258 e. The standard InChI is InChI=1S/C12H16N2O2/c13-7-9-1-5-11(6-2-9)16-8-12(15)14-10-3-4-10/h1-2,5-6,10H,3-4,7-8,13H2,(H,14,15). The van der Waals surface area contributed by atoms with Gasteiger partial charge in [0.1, 0.15) is 5.75 Å². The molecular weight excluding hydrogens is 204 g/mol. The van der Waals surface area contributed by atoms with Crippen LogP contribution in [0.2, 0.25) is 0 Å². The van der Waals surface area contributed by atoms with Gasteiger partial charge >= 0.3 is 0 Å². The van der Waals surface area contributed by atoms with Crippen LogP contribution in [-0.2, 0) is 11.3 Å². The van der Waals surface area contributed by atoms with Gasteiger partial charge in [-0.3, -0.25) is 4.79 Å². The van der Waals surface area contributed by atoms with Gasteiger partial charge in [0.2, 0.25) is 0 Å². The van der Waals surface area contributed by atoms with Crippen molar-refractivity contribution < 1.29 is 9.53 Å². The molecule has 0 spiro atoms. The highest BCUT2D eigenvalue weighted by Gasteiger charge is 2.23. The molecule has 4 nitrogen and oxygen atoms in total. The maximum atomic E-state index is 11.3. The predicted molar refractivity (Wildman–Crippen MR) is 61.0 cm³/mol. The van der Waals surface area contributed by atoms with Crippen molar-refractivity contribution in [3.63, 3.8) is 0 Å². The number of rotatable bonds is 5. The van der Waals surface area contributed by atoms with Crippen LogP contribution < -0.4 is 15.8 Å². The first-order valence-corrected chi connectivity index (χ1v) is 5.49. The molecule has 1 fully saturated rings. The third-order valence-corrected chi connectivity index (χ3v) is 2.47. The van der Waals surface area contributed by atoms with Crippen LogP contribution >= 0.6 is 0 Å². The summed E-state index contributed by atoms with van der Waals surface area (Å²) < 4.78 is 5.34. The van der Waals surface area contributed by atoms with Crippen LogP contribution in [0.5, 0.6) is 5.75 Å². The number of nitrogens with one attached hydrogen (secondary N) is 1. The molecule has 0 aromatic heterocycles. The highest BCUT2D eigenvalue weighted by Crippen LogP contribution is 2.18. The van der Waals surface area contributed by atoms with Gasteiger partial charge in [-0.2, -0.15) is 0 Å². The Balaban J connectivity index is 1.76. The van der Waals surface area contributed by atoms with E-state index in [9.17, 15) is 4.79 Å². The number of nitrogens with two attached hydrogens (primary N) is 1. The van der Waals surface area contributed by atoms with Crippen LogP contribution in [0.4, 0.5) is 0 Å². The maximum absolute atomic E-state index is 11.3. The number of carbonyl (C=O) groups is 1. The van der Waals surface area contributed by atoms with Crippen molar-refractivity contribution in [2.75, 3.05) is 6.61 Å². The molecule has 0 aliphatic heterocycles. The zero-order valence-electron chi connectivity index (χ0n) is 9.11. The largest absolute Gasteiger partial charge is 0.484 e. The molecule has 0 atom stereocenters. The second kappa shape index (κ2) is 4.99. The Labute approximate surface area is 94.8 Å². The van der Waals surface area contributed by atoms with Crippen molar-refractivity contribution in [3.8, 4) is 5.75 Å². The lowest BCUT2D eigenvalue weighted by Gasteiger charge is -2.06. The topological polar surface area (TPSA) is 64.3 Å². The van der Waals surface area contributed by atoms with Crippen molar-refractivity contribution in [2.24, 2.45) is 5.73 Å². The number of ether oxygens (including phenoxy) is 1. The third kappa shape index (κ3) is 3.24. The number of benzene rings is 1. The zero-order chi connectivity index (χ0) is 11.4. The van der Waals surface area contributed by atoms with Gasteiger partial charge in [-0.05, 0) is 30.5 Å². The van der Waals surface area contributed by atoms with E-state index in [1.165, 1.54) is 0 Å². The highest BCUT2D eigenvalue weighted by molar-refractivity contribution is 5.78. The molecule has 0 radical (unpaired) electrons. The van der Waals surface area contributed by atoms with Crippen LogP contribution in [0.15, 0.2) is 24.3 Å². The summed E-state index contributed by atoms with van der Waals surface area (Å²) >= 11 is 0. The summed E-state index contributed by atoms with van der Waals surface area (Å²) in [5, 5.41) is 2.86. The monoisotopic (exact) mass is 220 g/mol. The molecule has 0 heterocycles. The summed E-state index contributed by atoms with van der Waals surface area (Å²) in [6, 6.07) is 7.83. The molecule has 4 heteroatoms. The molecule has 1 aromatic rings. The number of amides is 1. The average Bonchev–Trinajstić information content (AvgIpc) is 3.11. The van der Waals surface area contributed by atoms with E-state index in [4.69, 9.17) is 10.5 Å². The third-order valence-electron chi connectivity index (χ3n) is 2.47. The Morgan fingerprint density at radius 2 is 2.06 bits per heavy atom. The molecule has 1 saturated carbocycles. The summed E-state index contributed by atoms with van der Waals surface area (Å²) in [5.41, 5.74) is 6.53. The lowest BCUT2D eigenvalue weighted by molar-refractivity contribution is -0.123. The van der Waals surface area contributed by atoms with Gasteiger partial charge in [0.05, 0.1) is 0 Å². The molecule has 0 unspecified atom stereocenters. The summed E-state index contributed by atoms with van der Waals surface area (Å²) in [7, 11) is 0. The van der Waals surface area contributed by atoms with E-state index in [0.29, 0.717) is 18.3 Å². The molecule has 0 bridgehead atoms. The molecule has 1 aliphatic carbocycles. The van der Waals surface area contributed by atoms with E-state index < -0.39 is 0 Å². The van der Waals surface area contributed by atoms with E-state index in [-0.39, 0.29) is 12.5 Å². The molecule has 1 aliphatic rings. The first-order valence-electron chi connectivity index (χ1n) is 5.49. The first-order chi connectivity index (χ1) is 7.78. The van der Waals surface area contributed by atoms with Crippen LogP contribution in [0.1, 0.15) is 18.4 Å². The summed E-state index contributed by atoms with van der Waals surface area (Å²) in [5.74, 6) is 0.647. The van der Waals surface area contributed by atoms with Gasteiger partial charge in [-0.15, -0.1) is 0 Å². The lowest BCUT2D eigenvalue weighted by atomic mass is 10.2. The Bertz CT molecular complexity index is 358. The van der Waals surface area contributed by atoms with E-state index in [2.05, 4.69) is 5.32 Å². The summed E-state index contributed by atoms with van der Waals surface area (Å²) in [6.45, 7) is 0.598. The van der Waals surface area contributed by atoms with Crippen LogP contribution in [-0.4, -0.2) is 18.6 Å². The van der Waals surface area contributed by atoms with Crippen LogP contribution in [0.25, 0.3) is 0 Å². The highest BCUT2D eigenvalue weighted by atomic mass is 16.5. The summed E-state index contributed by atoms with van der Waals surface area (Å²) in [4.78, 5) is 11.3.